The fourth-order valence-electron chi connectivity index (χ4n) is 3.15. The number of carbonyl (C=O) groups excluding carboxylic acids is 1. The number of nitrogens with one attached hydrogen (secondary N) is 1. The number of hydrogen-bond acceptors (Lipinski definition) is 3. The molecule has 0 unspecified atom stereocenters. The molecule has 1 aromatic rings. The average molecular weight is 260 g/mol. The maximum atomic E-state index is 12.2. The molecule has 2 atom stereocenters. The van der Waals surface area contributed by atoms with Gasteiger partial charge in [0.2, 0.25) is 5.91 Å². The van der Waals surface area contributed by atoms with Gasteiger partial charge in [0, 0.05) is 12.2 Å². The summed E-state index contributed by atoms with van der Waals surface area (Å²) >= 11 is 0. The van der Waals surface area contributed by atoms with Crippen molar-refractivity contribution in [2.45, 2.75) is 37.8 Å². The van der Waals surface area contributed by atoms with Crippen molar-refractivity contribution in [3.63, 3.8) is 0 Å². The van der Waals surface area contributed by atoms with Gasteiger partial charge in [0.15, 0.2) is 0 Å². The van der Waals surface area contributed by atoms with Gasteiger partial charge < -0.3 is 10.4 Å². The number of amides is 1. The summed E-state index contributed by atoms with van der Waals surface area (Å²) in [5.41, 5.74) is 3.64. The second-order valence-electron chi connectivity index (χ2n) is 5.67. The smallest absolute Gasteiger partial charge is 0.241 e. The predicted molar refractivity (Wildman–Crippen MR) is 74.1 cm³/mol. The SMILES string of the molecule is CN1C[C@H](O)C[C@H]1C(=O)Nc1ccc2c(c1)CCC2. The first-order chi connectivity index (χ1) is 9.13. The highest BCUT2D eigenvalue weighted by Gasteiger charge is 2.33. The third-order valence-corrected chi connectivity index (χ3v) is 4.19. The first-order valence-corrected chi connectivity index (χ1v) is 6.94. The van der Waals surface area contributed by atoms with Gasteiger partial charge in [-0.2, -0.15) is 0 Å². The van der Waals surface area contributed by atoms with Crippen molar-refractivity contribution in [1.29, 1.82) is 0 Å². The minimum atomic E-state index is -0.388. The largest absolute Gasteiger partial charge is 0.392 e. The average Bonchev–Trinajstić information content (AvgIpc) is 2.94. The van der Waals surface area contributed by atoms with Gasteiger partial charge in [-0.1, -0.05) is 6.07 Å². The molecule has 19 heavy (non-hydrogen) atoms. The number of β-amino-alcohol motifs (C(OH)–C–C–N with tert-alkyl or cyclic N) is 1. The molecule has 0 saturated carbocycles. The Morgan fingerprint density at radius 3 is 2.89 bits per heavy atom. The molecule has 102 valence electrons. The Kier molecular flexibility index (Phi) is 3.29. The lowest BCUT2D eigenvalue weighted by molar-refractivity contribution is -0.120. The molecule has 0 bridgehead atoms. The minimum absolute atomic E-state index is 0.0167. The zero-order valence-corrected chi connectivity index (χ0v) is 11.2. The van der Waals surface area contributed by atoms with Crippen LogP contribution in [-0.4, -0.2) is 41.7 Å². The summed E-state index contributed by atoms with van der Waals surface area (Å²) in [6, 6.07) is 5.97. The van der Waals surface area contributed by atoms with Crippen LogP contribution in [0, 0.1) is 0 Å². The lowest BCUT2D eigenvalue weighted by atomic mass is 10.1. The van der Waals surface area contributed by atoms with Crippen LogP contribution in [0.2, 0.25) is 0 Å². The predicted octanol–water partition coefficient (Wildman–Crippen LogP) is 1.18. The van der Waals surface area contributed by atoms with Crippen molar-refractivity contribution >= 4 is 11.6 Å². The van der Waals surface area contributed by atoms with E-state index in [2.05, 4.69) is 17.4 Å². The molecular weight excluding hydrogens is 240 g/mol. The van der Waals surface area contributed by atoms with E-state index < -0.39 is 0 Å². The van der Waals surface area contributed by atoms with Crippen LogP contribution in [0.4, 0.5) is 5.69 Å². The number of likely N-dealkylation sites (N-methyl/N-ethyl adjacent to an activating group) is 1. The van der Waals surface area contributed by atoms with E-state index in [9.17, 15) is 9.90 Å². The number of benzene rings is 1. The molecule has 3 rings (SSSR count). The van der Waals surface area contributed by atoms with Crippen LogP contribution >= 0.6 is 0 Å². The van der Waals surface area contributed by atoms with Crippen molar-refractivity contribution < 1.29 is 9.90 Å². The Morgan fingerprint density at radius 1 is 1.37 bits per heavy atom. The van der Waals surface area contributed by atoms with Crippen molar-refractivity contribution in [1.82, 2.24) is 4.90 Å². The van der Waals surface area contributed by atoms with Crippen LogP contribution < -0.4 is 5.32 Å². The van der Waals surface area contributed by atoms with E-state index in [0.29, 0.717) is 13.0 Å². The second-order valence-corrected chi connectivity index (χ2v) is 5.67. The molecule has 0 spiro atoms. The van der Waals surface area contributed by atoms with E-state index >= 15 is 0 Å². The van der Waals surface area contributed by atoms with Crippen LogP contribution in [0.25, 0.3) is 0 Å². The van der Waals surface area contributed by atoms with Crippen molar-refractivity contribution in [3.05, 3.63) is 29.3 Å². The highest BCUT2D eigenvalue weighted by molar-refractivity contribution is 5.95. The molecule has 1 saturated heterocycles. The maximum absolute atomic E-state index is 12.2. The number of aryl methyl sites for hydroxylation is 2. The topological polar surface area (TPSA) is 52.6 Å². The van der Waals surface area contributed by atoms with Gasteiger partial charge in [-0.25, -0.2) is 0 Å². The molecule has 2 N–H and O–H groups in total. The summed E-state index contributed by atoms with van der Waals surface area (Å²) in [6.45, 7) is 0.572. The van der Waals surface area contributed by atoms with Gasteiger partial charge in [-0.15, -0.1) is 0 Å². The van der Waals surface area contributed by atoms with Crippen LogP contribution in [0.5, 0.6) is 0 Å². The molecule has 0 radical (unpaired) electrons. The Labute approximate surface area is 113 Å². The third kappa shape index (κ3) is 2.51. The van der Waals surface area contributed by atoms with Crippen molar-refractivity contribution in [2.75, 3.05) is 18.9 Å². The van der Waals surface area contributed by atoms with E-state index in [0.717, 1.165) is 18.5 Å². The van der Waals surface area contributed by atoms with Crippen LogP contribution in [0.1, 0.15) is 24.0 Å². The minimum Gasteiger partial charge on any atom is -0.392 e. The van der Waals surface area contributed by atoms with Gasteiger partial charge in [0.1, 0.15) is 0 Å². The van der Waals surface area contributed by atoms with E-state index in [4.69, 9.17) is 0 Å². The van der Waals surface area contributed by atoms with Crippen LogP contribution in [0.15, 0.2) is 18.2 Å². The number of aliphatic hydroxyl groups is 1. The molecule has 1 amide bonds. The first-order valence-electron chi connectivity index (χ1n) is 6.94. The molecule has 2 aliphatic rings. The fraction of sp³-hybridized carbons (Fsp3) is 0.533. The lowest BCUT2D eigenvalue weighted by Crippen LogP contribution is -2.37. The molecule has 1 fully saturated rings. The summed E-state index contributed by atoms with van der Waals surface area (Å²) in [6.07, 6.45) is 3.61. The zero-order valence-electron chi connectivity index (χ0n) is 11.2. The summed E-state index contributed by atoms with van der Waals surface area (Å²) in [5, 5.41) is 12.6. The van der Waals surface area contributed by atoms with E-state index in [1.54, 1.807) is 0 Å². The summed E-state index contributed by atoms with van der Waals surface area (Å²) in [5.74, 6) is -0.0167. The van der Waals surface area contributed by atoms with Gasteiger partial charge in [0.25, 0.3) is 0 Å². The van der Waals surface area contributed by atoms with Crippen LogP contribution in [-0.2, 0) is 17.6 Å². The van der Waals surface area contributed by atoms with Gasteiger partial charge in [-0.05, 0) is 56.0 Å². The number of carbonyl (C=O) groups is 1. The Balaban J connectivity index is 1.69. The second kappa shape index (κ2) is 4.94. The Hall–Kier alpha value is -1.39. The summed E-state index contributed by atoms with van der Waals surface area (Å²) in [7, 11) is 1.88. The third-order valence-electron chi connectivity index (χ3n) is 4.19. The lowest BCUT2D eigenvalue weighted by Gasteiger charge is -2.18. The molecule has 4 nitrogen and oxygen atoms in total. The number of anilines is 1. The van der Waals surface area contributed by atoms with E-state index in [-0.39, 0.29) is 18.1 Å². The van der Waals surface area contributed by atoms with E-state index in [1.807, 2.05) is 18.0 Å². The summed E-state index contributed by atoms with van der Waals surface area (Å²) in [4.78, 5) is 14.1. The molecular formula is C15H20N2O2. The number of aliphatic hydroxyl groups excluding tert-OH is 1. The number of fused-ring (bicyclic) bond motifs is 1. The van der Waals surface area contributed by atoms with Gasteiger partial charge >= 0.3 is 0 Å². The number of nitrogens with zero attached hydrogens (tertiary/aromatic N) is 1. The highest BCUT2D eigenvalue weighted by Crippen LogP contribution is 2.25. The number of hydrogen-bond donors (Lipinski definition) is 2. The standard InChI is InChI=1S/C15H20N2O2/c1-17-9-13(18)8-14(17)15(19)16-12-6-5-10-3-2-4-11(10)7-12/h5-7,13-14,18H,2-4,8-9H2,1H3,(H,16,19)/t13-,14+/m1/s1. The number of rotatable bonds is 2. The molecule has 1 aromatic carbocycles. The monoisotopic (exact) mass is 260 g/mol. The summed E-state index contributed by atoms with van der Waals surface area (Å²) < 4.78 is 0. The Morgan fingerprint density at radius 2 is 2.16 bits per heavy atom. The Bertz CT molecular complexity index is 501. The fourth-order valence-corrected chi connectivity index (χ4v) is 3.15. The van der Waals surface area contributed by atoms with Crippen molar-refractivity contribution in [3.8, 4) is 0 Å². The zero-order chi connectivity index (χ0) is 13.4. The molecule has 1 aliphatic carbocycles. The first kappa shape index (κ1) is 12.6. The molecule has 0 aromatic heterocycles. The maximum Gasteiger partial charge on any atom is 0.241 e. The molecule has 1 aliphatic heterocycles. The molecule has 1 heterocycles. The van der Waals surface area contributed by atoms with E-state index in [1.165, 1.54) is 17.5 Å². The van der Waals surface area contributed by atoms with Crippen LogP contribution in [0.3, 0.4) is 0 Å². The normalized spacial score (nSPS) is 26.4. The molecule has 4 heteroatoms. The van der Waals surface area contributed by atoms with Crippen molar-refractivity contribution in [2.24, 2.45) is 0 Å². The highest BCUT2D eigenvalue weighted by atomic mass is 16.3. The number of likely N-dealkylation sites (tertiary alicyclic amines) is 1. The quantitative estimate of drug-likeness (QED) is 0.839. The van der Waals surface area contributed by atoms with Gasteiger partial charge in [0.05, 0.1) is 12.1 Å². The van der Waals surface area contributed by atoms with Gasteiger partial charge in [-0.3, -0.25) is 9.69 Å².